The summed E-state index contributed by atoms with van der Waals surface area (Å²) in [6, 6.07) is 11.7. The van der Waals surface area contributed by atoms with Gasteiger partial charge in [0.05, 0.1) is 16.3 Å². The molecule has 0 fully saturated rings. The van der Waals surface area contributed by atoms with E-state index in [4.69, 9.17) is 9.15 Å². The highest BCUT2D eigenvalue weighted by molar-refractivity contribution is 9.10. The molecule has 0 aliphatic heterocycles. The van der Waals surface area contributed by atoms with E-state index < -0.39 is 0 Å². The van der Waals surface area contributed by atoms with Gasteiger partial charge in [-0.15, -0.1) is 0 Å². The van der Waals surface area contributed by atoms with Crippen LogP contribution in [0.2, 0.25) is 0 Å². The van der Waals surface area contributed by atoms with Crippen LogP contribution in [0.5, 0.6) is 5.75 Å². The van der Waals surface area contributed by atoms with E-state index in [9.17, 15) is 4.79 Å². The number of halogens is 1. The summed E-state index contributed by atoms with van der Waals surface area (Å²) in [5, 5.41) is 1.02. The zero-order valence-electron chi connectivity index (χ0n) is 12.8. The maximum Gasteiger partial charge on any atom is 0.153 e. The average molecular weight is 373 g/mol. The van der Waals surface area contributed by atoms with E-state index >= 15 is 0 Å². The highest BCUT2D eigenvalue weighted by Crippen LogP contribution is 2.28. The Morgan fingerprint density at radius 2 is 2.04 bits per heavy atom. The molecule has 0 saturated carbocycles. The third kappa shape index (κ3) is 3.48. The van der Waals surface area contributed by atoms with Crippen molar-refractivity contribution in [3.8, 4) is 5.75 Å². The summed E-state index contributed by atoms with van der Waals surface area (Å²) in [6.45, 7) is 2.53. The van der Waals surface area contributed by atoms with Gasteiger partial charge in [-0.05, 0) is 63.8 Å². The van der Waals surface area contributed by atoms with Crippen molar-refractivity contribution < 1.29 is 13.9 Å². The molecule has 0 bridgehead atoms. The number of carbonyl (C=O) groups excluding carboxylic acids is 1. The summed E-state index contributed by atoms with van der Waals surface area (Å²) >= 11 is 3.51. The summed E-state index contributed by atoms with van der Waals surface area (Å²) < 4.78 is 12.2. The Morgan fingerprint density at radius 1 is 1.17 bits per heavy atom. The van der Waals surface area contributed by atoms with Gasteiger partial charge >= 0.3 is 0 Å². The number of hydrogen-bond acceptors (Lipinski definition) is 3. The van der Waals surface area contributed by atoms with Crippen LogP contribution in [0.15, 0.2) is 51.6 Å². The summed E-state index contributed by atoms with van der Waals surface area (Å²) in [5.41, 5.74) is 3.60. The standard InChI is InChI=1S/C19H17BrO3/c1-2-3-13-4-5-16(11-21)18(10-13)23-12-14-8-15-6-7-22-19(15)17(20)9-14/h4-11H,2-3,12H2,1H3. The van der Waals surface area contributed by atoms with Gasteiger partial charge in [-0.3, -0.25) is 4.79 Å². The quantitative estimate of drug-likeness (QED) is 0.533. The fourth-order valence-electron chi connectivity index (χ4n) is 2.59. The Morgan fingerprint density at radius 3 is 2.83 bits per heavy atom. The molecule has 118 valence electrons. The first-order valence-electron chi connectivity index (χ1n) is 7.57. The molecule has 4 heteroatoms. The van der Waals surface area contributed by atoms with Gasteiger partial charge in [0.1, 0.15) is 17.9 Å². The second-order valence-corrected chi connectivity index (χ2v) is 6.30. The van der Waals surface area contributed by atoms with E-state index in [2.05, 4.69) is 22.9 Å². The SMILES string of the molecule is CCCc1ccc(C=O)c(OCc2cc(Br)c3occc3c2)c1. The van der Waals surface area contributed by atoms with Crippen molar-refractivity contribution in [1.82, 2.24) is 0 Å². The third-order valence-corrected chi connectivity index (χ3v) is 4.29. The Labute approximate surface area is 143 Å². The molecule has 2 aromatic carbocycles. The maximum absolute atomic E-state index is 11.2. The number of carbonyl (C=O) groups is 1. The molecule has 1 aromatic heterocycles. The van der Waals surface area contributed by atoms with Crippen LogP contribution in [0.4, 0.5) is 0 Å². The first kappa shape index (κ1) is 15.8. The topological polar surface area (TPSA) is 39.4 Å². The van der Waals surface area contributed by atoms with E-state index in [-0.39, 0.29) is 0 Å². The summed E-state index contributed by atoms with van der Waals surface area (Å²) in [6.07, 6.45) is 4.53. The van der Waals surface area contributed by atoms with Crippen molar-refractivity contribution in [2.75, 3.05) is 0 Å². The van der Waals surface area contributed by atoms with Crippen LogP contribution in [-0.4, -0.2) is 6.29 Å². The summed E-state index contributed by atoms with van der Waals surface area (Å²) in [7, 11) is 0. The molecule has 0 saturated heterocycles. The first-order valence-corrected chi connectivity index (χ1v) is 8.37. The molecule has 3 rings (SSSR count). The van der Waals surface area contributed by atoms with Crippen LogP contribution in [-0.2, 0) is 13.0 Å². The fraction of sp³-hybridized carbons (Fsp3) is 0.211. The number of benzene rings is 2. The molecular weight excluding hydrogens is 356 g/mol. The Hall–Kier alpha value is -2.07. The number of fused-ring (bicyclic) bond motifs is 1. The minimum atomic E-state index is 0.399. The van der Waals surface area contributed by atoms with E-state index in [0.717, 1.165) is 40.1 Å². The maximum atomic E-state index is 11.2. The molecule has 0 atom stereocenters. The number of furan rings is 1. The van der Waals surface area contributed by atoms with Gasteiger partial charge in [0.2, 0.25) is 0 Å². The minimum Gasteiger partial charge on any atom is -0.488 e. The molecule has 0 N–H and O–H groups in total. The summed E-state index contributed by atoms with van der Waals surface area (Å²) in [5.74, 6) is 0.634. The molecule has 23 heavy (non-hydrogen) atoms. The molecule has 0 unspecified atom stereocenters. The number of hydrogen-bond donors (Lipinski definition) is 0. The lowest BCUT2D eigenvalue weighted by molar-refractivity contribution is 0.111. The smallest absolute Gasteiger partial charge is 0.153 e. The van der Waals surface area contributed by atoms with Crippen molar-refractivity contribution in [3.05, 3.63) is 63.8 Å². The second-order valence-electron chi connectivity index (χ2n) is 5.45. The Bertz CT molecular complexity index is 836. The van der Waals surface area contributed by atoms with Crippen LogP contribution in [0, 0.1) is 0 Å². The van der Waals surface area contributed by atoms with Gasteiger partial charge in [0.25, 0.3) is 0 Å². The molecule has 0 spiro atoms. The average Bonchev–Trinajstić information content (AvgIpc) is 3.02. The zero-order valence-corrected chi connectivity index (χ0v) is 14.4. The van der Waals surface area contributed by atoms with Gasteiger partial charge in [-0.2, -0.15) is 0 Å². The van der Waals surface area contributed by atoms with E-state index in [1.54, 1.807) is 6.26 Å². The molecule has 0 radical (unpaired) electrons. The number of rotatable bonds is 6. The van der Waals surface area contributed by atoms with E-state index in [1.807, 2.05) is 36.4 Å². The van der Waals surface area contributed by atoms with Crippen molar-refractivity contribution in [1.29, 1.82) is 0 Å². The second kappa shape index (κ2) is 7.01. The highest BCUT2D eigenvalue weighted by Gasteiger charge is 2.08. The van der Waals surface area contributed by atoms with Gasteiger partial charge in [0, 0.05) is 5.39 Å². The molecule has 0 aliphatic carbocycles. The monoisotopic (exact) mass is 372 g/mol. The van der Waals surface area contributed by atoms with Crippen LogP contribution < -0.4 is 4.74 Å². The number of ether oxygens (including phenoxy) is 1. The number of aryl methyl sites for hydroxylation is 1. The van der Waals surface area contributed by atoms with Gasteiger partial charge in [0.15, 0.2) is 6.29 Å². The van der Waals surface area contributed by atoms with E-state index in [1.165, 1.54) is 5.56 Å². The first-order chi connectivity index (χ1) is 11.2. The highest BCUT2D eigenvalue weighted by atomic mass is 79.9. The van der Waals surface area contributed by atoms with Crippen LogP contribution in [0.1, 0.15) is 34.8 Å². The lowest BCUT2D eigenvalue weighted by atomic mass is 10.1. The van der Waals surface area contributed by atoms with Crippen molar-refractivity contribution in [2.24, 2.45) is 0 Å². The predicted octanol–water partition coefficient (Wildman–Crippen LogP) is 5.54. The molecule has 0 amide bonds. The molecule has 3 nitrogen and oxygen atoms in total. The molecule has 1 heterocycles. The fourth-order valence-corrected chi connectivity index (χ4v) is 3.20. The van der Waals surface area contributed by atoms with Crippen LogP contribution in [0.25, 0.3) is 11.0 Å². The molecular formula is C19H17BrO3. The van der Waals surface area contributed by atoms with Crippen molar-refractivity contribution in [2.45, 2.75) is 26.4 Å². The lowest BCUT2D eigenvalue weighted by Gasteiger charge is -2.11. The van der Waals surface area contributed by atoms with Gasteiger partial charge < -0.3 is 9.15 Å². The van der Waals surface area contributed by atoms with Gasteiger partial charge in [-0.25, -0.2) is 0 Å². The summed E-state index contributed by atoms with van der Waals surface area (Å²) in [4.78, 5) is 11.2. The van der Waals surface area contributed by atoms with Crippen LogP contribution in [0.3, 0.4) is 0 Å². The molecule has 0 aliphatic rings. The Balaban J connectivity index is 1.83. The van der Waals surface area contributed by atoms with Gasteiger partial charge in [-0.1, -0.05) is 19.4 Å². The largest absolute Gasteiger partial charge is 0.488 e. The van der Waals surface area contributed by atoms with E-state index in [0.29, 0.717) is 17.9 Å². The van der Waals surface area contributed by atoms with Crippen molar-refractivity contribution in [3.63, 3.8) is 0 Å². The third-order valence-electron chi connectivity index (χ3n) is 3.70. The number of aldehydes is 1. The minimum absolute atomic E-state index is 0.399. The predicted molar refractivity (Wildman–Crippen MR) is 94.1 cm³/mol. The van der Waals surface area contributed by atoms with Crippen LogP contribution >= 0.6 is 15.9 Å². The lowest BCUT2D eigenvalue weighted by Crippen LogP contribution is -1.99. The van der Waals surface area contributed by atoms with Crippen molar-refractivity contribution >= 4 is 33.2 Å². The molecule has 3 aromatic rings. The zero-order chi connectivity index (χ0) is 16.2. The Kier molecular flexibility index (Phi) is 4.82. The normalized spacial score (nSPS) is 10.9.